The van der Waals surface area contributed by atoms with Crippen LogP contribution in [0.15, 0.2) is 24.3 Å². The summed E-state index contributed by atoms with van der Waals surface area (Å²) in [4.78, 5) is 2.18. The summed E-state index contributed by atoms with van der Waals surface area (Å²) in [5.41, 5.74) is 0.584. The topological polar surface area (TPSA) is 76.7 Å². The van der Waals surface area contributed by atoms with E-state index in [4.69, 9.17) is 10.00 Å². The van der Waals surface area contributed by atoms with E-state index < -0.39 is 6.10 Å². The third kappa shape index (κ3) is 4.44. The van der Waals surface area contributed by atoms with E-state index in [1.807, 2.05) is 0 Å². The molecule has 120 valence electrons. The van der Waals surface area contributed by atoms with Crippen LogP contribution in [0.1, 0.15) is 31.7 Å². The third-order valence-electron chi connectivity index (χ3n) is 4.25. The number of aliphatic hydroxyl groups is 2. The molecular formula is C17H24N2O3. The Morgan fingerprint density at radius 1 is 1.36 bits per heavy atom. The van der Waals surface area contributed by atoms with Gasteiger partial charge in [0.2, 0.25) is 0 Å². The van der Waals surface area contributed by atoms with Crippen LogP contribution in [0.5, 0.6) is 5.75 Å². The van der Waals surface area contributed by atoms with Crippen molar-refractivity contribution in [3.63, 3.8) is 0 Å². The zero-order valence-corrected chi connectivity index (χ0v) is 13.0. The molecule has 0 spiro atoms. The molecule has 0 amide bonds. The van der Waals surface area contributed by atoms with Crippen molar-refractivity contribution in [2.75, 3.05) is 19.8 Å². The van der Waals surface area contributed by atoms with E-state index in [0.29, 0.717) is 23.9 Å². The number of β-amino-alcohol motifs (C(OH)–C–C–N with tert-alkyl or cyclic N) is 1. The molecular weight excluding hydrogens is 280 g/mol. The van der Waals surface area contributed by atoms with Crippen molar-refractivity contribution in [2.45, 2.75) is 44.4 Å². The predicted molar refractivity (Wildman–Crippen MR) is 83.6 cm³/mol. The normalized spacial score (nSPS) is 23.7. The van der Waals surface area contributed by atoms with Gasteiger partial charge in [-0.3, -0.25) is 4.90 Å². The first kappa shape index (κ1) is 16.8. The lowest BCUT2D eigenvalue weighted by molar-refractivity contribution is -0.00114. The van der Waals surface area contributed by atoms with Crippen LogP contribution in [0.2, 0.25) is 0 Å². The average molecular weight is 304 g/mol. The molecule has 0 bridgehead atoms. The fourth-order valence-electron chi connectivity index (χ4n) is 2.98. The SMILES string of the molecule is CC1CCCC(CO)N1CC(O)COc1ccc(C#N)cc1. The van der Waals surface area contributed by atoms with E-state index in [1.165, 1.54) is 0 Å². The summed E-state index contributed by atoms with van der Waals surface area (Å²) in [6, 6.07) is 9.39. The zero-order valence-electron chi connectivity index (χ0n) is 13.0. The van der Waals surface area contributed by atoms with E-state index in [-0.39, 0.29) is 19.3 Å². The molecule has 3 unspecified atom stereocenters. The Bertz CT molecular complexity index is 498. The number of benzene rings is 1. The molecule has 0 aliphatic carbocycles. The van der Waals surface area contributed by atoms with E-state index in [0.717, 1.165) is 19.3 Å². The molecule has 2 N–H and O–H groups in total. The Morgan fingerprint density at radius 2 is 2.09 bits per heavy atom. The van der Waals surface area contributed by atoms with Gasteiger partial charge in [0.15, 0.2) is 0 Å². The summed E-state index contributed by atoms with van der Waals surface area (Å²) in [7, 11) is 0. The molecule has 1 aromatic rings. The van der Waals surface area contributed by atoms with Crippen molar-refractivity contribution in [2.24, 2.45) is 0 Å². The number of nitrogens with zero attached hydrogens (tertiary/aromatic N) is 2. The molecule has 1 aliphatic heterocycles. The molecule has 3 atom stereocenters. The lowest BCUT2D eigenvalue weighted by Crippen LogP contribution is -2.50. The molecule has 0 radical (unpaired) electrons. The molecule has 1 aliphatic rings. The molecule has 1 aromatic carbocycles. The van der Waals surface area contributed by atoms with Crippen LogP contribution in [-0.2, 0) is 0 Å². The molecule has 22 heavy (non-hydrogen) atoms. The summed E-state index contributed by atoms with van der Waals surface area (Å²) in [5.74, 6) is 0.642. The lowest BCUT2D eigenvalue weighted by Gasteiger charge is -2.40. The van der Waals surface area contributed by atoms with Crippen LogP contribution in [0.25, 0.3) is 0 Å². The molecule has 5 nitrogen and oxygen atoms in total. The van der Waals surface area contributed by atoms with E-state index in [1.54, 1.807) is 24.3 Å². The fourth-order valence-corrected chi connectivity index (χ4v) is 2.98. The van der Waals surface area contributed by atoms with Crippen LogP contribution < -0.4 is 4.74 Å². The second-order valence-electron chi connectivity index (χ2n) is 5.91. The first-order valence-electron chi connectivity index (χ1n) is 7.81. The minimum Gasteiger partial charge on any atom is -0.491 e. The first-order valence-corrected chi connectivity index (χ1v) is 7.81. The maximum atomic E-state index is 10.2. The van der Waals surface area contributed by atoms with Gasteiger partial charge in [-0.2, -0.15) is 5.26 Å². The van der Waals surface area contributed by atoms with Crippen molar-refractivity contribution in [3.05, 3.63) is 29.8 Å². The highest BCUT2D eigenvalue weighted by Gasteiger charge is 2.28. The summed E-state index contributed by atoms with van der Waals surface area (Å²) in [6.45, 7) is 2.97. The number of piperidine rings is 1. The number of hydrogen-bond acceptors (Lipinski definition) is 5. The maximum Gasteiger partial charge on any atom is 0.119 e. The Balaban J connectivity index is 1.83. The van der Waals surface area contributed by atoms with Crippen LogP contribution in [-0.4, -0.2) is 53.1 Å². The van der Waals surface area contributed by atoms with Gasteiger partial charge in [-0.25, -0.2) is 0 Å². The van der Waals surface area contributed by atoms with E-state index >= 15 is 0 Å². The minimum atomic E-state index is -0.606. The monoisotopic (exact) mass is 304 g/mol. The molecule has 1 fully saturated rings. The van der Waals surface area contributed by atoms with Crippen molar-refractivity contribution in [1.82, 2.24) is 4.90 Å². The highest BCUT2D eigenvalue weighted by atomic mass is 16.5. The maximum absolute atomic E-state index is 10.2. The van der Waals surface area contributed by atoms with Crippen LogP contribution in [0.3, 0.4) is 0 Å². The Labute approximate surface area is 131 Å². The number of likely N-dealkylation sites (tertiary alicyclic amines) is 1. The van der Waals surface area contributed by atoms with Crippen molar-refractivity contribution in [1.29, 1.82) is 5.26 Å². The number of nitriles is 1. The molecule has 0 aromatic heterocycles. The van der Waals surface area contributed by atoms with Gasteiger partial charge in [0.05, 0.1) is 18.2 Å². The minimum absolute atomic E-state index is 0.132. The first-order chi connectivity index (χ1) is 10.6. The number of hydrogen-bond donors (Lipinski definition) is 2. The highest BCUT2D eigenvalue weighted by Crippen LogP contribution is 2.22. The molecule has 0 saturated carbocycles. The van der Waals surface area contributed by atoms with E-state index in [9.17, 15) is 10.2 Å². The largest absolute Gasteiger partial charge is 0.491 e. The molecule has 1 saturated heterocycles. The summed E-state index contributed by atoms with van der Waals surface area (Å²) >= 11 is 0. The zero-order chi connectivity index (χ0) is 15.9. The van der Waals surface area contributed by atoms with Gasteiger partial charge in [-0.1, -0.05) is 6.42 Å². The van der Waals surface area contributed by atoms with Crippen molar-refractivity contribution < 1.29 is 14.9 Å². The smallest absolute Gasteiger partial charge is 0.119 e. The van der Waals surface area contributed by atoms with Gasteiger partial charge in [0, 0.05) is 18.6 Å². The third-order valence-corrected chi connectivity index (χ3v) is 4.25. The molecule has 1 heterocycles. The van der Waals surface area contributed by atoms with Crippen LogP contribution >= 0.6 is 0 Å². The Morgan fingerprint density at radius 3 is 2.73 bits per heavy atom. The number of ether oxygens (including phenoxy) is 1. The molecule has 5 heteroatoms. The summed E-state index contributed by atoms with van der Waals surface area (Å²) in [5, 5.41) is 28.4. The van der Waals surface area contributed by atoms with Gasteiger partial charge in [0.1, 0.15) is 18.5 Å². The number of aliphatic hydroxyl groups excluding tert-OH is 2. The van der Waals surface area contributed by atoms with Gasteiger partial charge >= 0.3 is 0 Å². The predicted octanol–water partition coefficient (Wildman–Crippen LogP) is 1.53. The highest BCUT2D eigenvalue weighted by molar-refractivity contribution is 5.34. The van der Waals surface area contributed by atoms with Crippen molar-refractivity contribution >= 4 is 0 Å². The van der Waals surface area contributed by atoms with Gasteiger partial charge in [0.25, 0.3) is 0 Å². The quantitative estimate of drug-likeness (QED) is 0.833. The second-order valence-corrected chi connectivity index (χ2v) is 5.91. The van der Waals surface area contributed by atoms with Crippen LogP contribution in [0, 0.1) is 11.3 Å². The Kier molecular flexibility index (Phi) is 6.20. The summed E-state index contributed by atoms with van der Waals surface area (Å²) < 4.78 is 5.56. The lowest BCUT2D eigenvalue weighted by atomic mass is 9.96. The van der Waals surface area contributed by atoms with Crippen LogP contribution in [0.4, 0.5) is 0 Å². The fraction of sp³-hybridized carbons (Fsp3) is 0.588. The average Bonchev–Trinajstić information content (AvgIpc) is 2.55. The Hall–Kier alpha value is -1.61. The number of rotatable bonds is 6. The van der Waals surface area contributed by atoms with Gasteiger partial charge < -0.3 is 14.9 Å². The summed E-state index contributed by atoms with van der Waals surface area (Å²) in [6.07, 6.45) is 2.59. The van der Waals surface area contributed by atoms with Gasteiger partial charge in [-0.05, 0) is 44.0 Å². The standard InChI is InChI=1S/C17H24N2O3/c1-13-3-2-4-15(11-20)19(13)10-16(21)12-22-17-7-5-14(9-18)6-8-17/h5-8,13,15-16,20-21H,2-4,10-12H2,1H3. The second kappa shape index (κ2) is 8.14. The molecule has 2 rings (SSSR count). The van der Waals surface area contributed by atoms with Crippen molar-refractivity contribution in [3.8, 4) is 11.8 Å². The van der Waals surface area contributed by atoms with E-state index in [2.05, 4.69) is 17.9 Å². The van der Waals surface area contributed by atoms with Gasteiger partial charge in [-0.15, -0.1) is 0 Å².